The van der Waals surface area contributed by atoms with Gasteiger partial charge in [0.1, 0.15) is 17.5 Å². The van der Waals surface area contributed by atoms with E-state index in [2.05, 4.69) is 12.2 Å². The summed E-state index contributed by atoms with van der Waals surface area (Å²) in [6.07, 6.45) is 4.89. The Morgan fingerprint density at radius 2 is 1.97 bits per heavy atom. The number of hydrogen-bond donors (Lipinski definition) is 1. The highest BCUT2D eigenvalue weighted by Crippen LogP contribution is 2.43. The predicted molar refractivity (Wildman–Crippen MR) is 108 cm³/mol. The summed E-state index contributed by atoms with van der Waals surface area (Å²) in [4.78, 5) is 28.2. The van der Waals surface area contributed by atoms with Gasteiger partial charge in [0, 0.05) is 0 Å². The minimum Gasteiger partial charge on any atom is -0.467 e. The molecule has 1 N–H and O–H groups in total. The number of benzene rings is 1. The number of carbonyl (C=O) groups excluding carboxylic acids is 2. The van der Waals surface area contributed by atoms with Crippen LogP contribution in [0, 0.1) is 5.92 Å². The van der Waals surface area contributed by atoms with Crippen molar-refractivity contribution in [1.82, 2.24) is 10.2 Å². The van der Waals surface area contributed by atoms with Crippen molar-refractivity contribution in [3.63, 3.8) is 0 Å². The molecule has 6 nitrogen and oxygen atoms in total. The molecule has 1 atom stereocenters. The molecule has 1 saturated heterocycles. The van der Waals surface area contributed by atoms with Gasteiger partial charge in [0.25, 0.3) is 5.91 Å². The molecule has 1 spiro atoms. The van der Waals surface area contributed by atoms with E-state index in [0.717, 1.165) is 12.8 Å². The molecule has 1 saturated carbocycles. The Balaban J connectivity index is 1.60. The second kappa shape index (κ2) is 8.20. The Kier molecular flexibility index (Phi) is 5.65. The van der Waals surface area contributed by atoms with E-state index in [4.69, 9.17) is 20.8 Å². The zero-order chi connectivity index (χ0) is 20.4. The minimum atomic E-state index is -0.755. The van der Waals surface area contributed by atoms with Crippen molar-refractivity contribution < 1.29 is 18.7 Å². The molecule has 1 aromatic carbocycles. The lowest BCUT2D eigenvalue weighted by molar-refractivity contribution is -0.128. The van der Waals surface area contributed by atoms with Gasteiger partial charge in [0.05, 0.1) is 30.0 Å². The molecule has 2 amide bonds. The summed E-state index contributed by atoms with van der Waals surface area (Å²) in [5, 5.41) is 3.24. The highest BCUT2D eigenvalue weighted by Gasteiger charge is 2.53. The van der Waals surface area contributed by atoms with Crippen LogP contribution in [-0.2, 0) is 16.1 Å². The fraction of sp³-hybridized carbons (Fsp3) is 0.455. The van der Waals surface area contributed by atoms with Crippen molar-refractivity contribution in [3.8, 4) is 0 Å². The summed E-state index contributed by atoms with van der Waals surface area (Å²) in [7, 11) is 0. The summed E-state index contributed by atoms with van der Waals surface area (Å²) in [5.74, 6) is 0.717. The standard InChI is InChI=1S/C22H25ClN2O4/c1-15-8-10-22(11-9-15)25(21(27)17-6-2-3-7-18(17)23)19(14-29-22)20(26)24-13-16-5-4-12-28-16/h2-7,12,15,19H,8-11,13-14H2,1H3,(H,24,26). The van der Waals surface area contributed by atoms with Gasteiger partial charge in [-0.1, -0.05) is 30.7 Å². The highest BCUT2D eigenvalue weighted by molar-refractivity contribution is 6.33. The number of ether oxygens (including phenoxy) is 1. The largest absolute Gasteiger partial charge is 0.467 e. The van der Waals surface area contributed by atoms with E-state index in [-0.39, 0.29) is 25.0 Å². The van der Waals surface area contributed by atoms with Gasteiger partial charge in [-0.15, -0.1) is 0 Å². The van der Waals surface area contributed by atoms with Crippen LogP contribution in [0.25, 0.3) is 0 Å². The lowest BCUT2D eigenvalue weighted by Crippen LogP contribution is -2.56. The van der Waals surface area contributed by atoms with Crippen LogP contribution in [0.15, 0.2) is 47.1 Å². The van der Waals surface area contributed by atoms with Crippen molar-refractivity contribution in [2.75, 3.05) is 6.61 Å². The maximum absolute atomic E-state index is 13.5. The fourth-order valence-electron chi connectivity index (χ4n) is 4.25. The molecule has 4 rings (SSSR count). The number of furan rings is 1. The monoisotopic (exact) mass is 416 g/mol. The van der Waals surface area contributed by atoms with Gasteiger partial charge < -0.3 is 14.5 Å². The lowest BCUT2D eigenvalue weighted by Gasteiger charge is -2.43. The van der Waals surface area contributed by atoms with Crippen LogP contribution >= 0.6 is 11.6 Å². The van der Waals surface area contributed by atoms with Gasteiger partial charge in [-0.3, -0.25) is 14.5 Å². The number of nitrogens with zero attached hydrogens (tertiary/aromatic N) is 1. The maximum Gasteiger partial charge on any atom is 0.258 e. The number of hydrogen-bond acceptors (Lipinski definition) is 4. The first-order valence-corrected chi connectivity index (χ1v) is 10.4. The van der Waals surface area contributed by atoms with Crippen LogP contribution in [0.5, 0.6) is 0 Å². The van der Waals surface area contributed by atoms with E-state index in [1.807, 2.05) is 0 Å². The summed E-state index contributed by atoms with van der Waals surface area (Å²) in [5.41, 5.74) is -0.364. The maximum atomic E-state index is 13.5. The van der Waals surface area contributed by atoms with Crippen molar-refractivity contribution in [2.45, 2.75) is 50.9 Å². The van der Waals surface area contributed by atoms with E-state index in [1.165, 1.54) is 0 Å². The summed E-state index contributed by atoms with van der Waals surface area (Å²) >= 11 is 6.30. The second-order valence-electron chi connectivity index (χ2n) is 7.91. The summed E-state index contributed by atoms with van der Waals surface area (Å²) < 4.78 is 11.5. The molecule has 154 valence electrons. The van der Waals surface area contributed by atoms with Crippen molar-refractivity contribution in [3.05, 3.63) is 59.0 Å². The van der Waals surface area contributed by atoms with E-state index in [0.29, 0.717) is 35.1 Å². The van der Waals surface area contributed by atoms with Gasteiger partial charge >= 0.3 is 0 Å². The molecule has 7 heteroatoms. The summed E-state index contributed by atoms with van der Waals surface area (Å²) in [6, 6.07) is 9.80. The Morgan fingerprint density at radius 1 is 1.21 bits per heavy atom. The SMILES string of the molecule is CC1CCC2(CC1)OCC(C(=O)NCc1ccco1)N2C(=O)c1ccccc1Cl. The van der Waals surface area contributed by atoms with E-state index in [9.17, 15) is 9.59 Å². The van der Waals surface area contributed by atoms with Crippen LogP contribution in [0.3, 0.4) is 0 Å². The van der Waals surface area contributed by atoms with E-state index >= 15 is 0 Å². The number of carbonyl (C=O) groups is 2. The predicted octanol–water partition coefficient (Wildman–Crippen LogP) is 4.00. The van der Waals surface area contributed by atoms with Crippen LogP contribution < -0.4 is 5.32 Å². The van der Waals surface area contributed by atoms with Crippen molar-refractivity contribution >= 4 is 23.4 Å². The molecule has 1 aliphatic carbocycles. The fourth-order valence-corrected chi connectivity index (χ4v) is 4.47. The molecule has 0 bridgehead atoms. The molecule has 1 unspecified atom stereocenters. The Morgan fingerprint density at radius 3 is 2.66 bits per heavy atom. The third kappa shape index (κ3) is 3.91. The average Bonchev–Trinajstić information content (AvgIpc) is 3.37. The van der Waals surface area contributed by atoms with Gasteiger partial charge in [0.2, 0.25) is 5.91 Å². The topological polar surface area (TPSA) is 71.8 Å². The van der Waals surface area contributed by atoms with Crippen LogP contribution in [-0.4, -0.2) is 35.1 Å². The summed E-state index contributed by atoms with van der Waals surface area (Å²) in [6.45, 7) is 2.64. The zero-order valence-corrected chi connectivity index (χ0v) is 17.2. The van der Waals surface area contributed by atoms with Gasteiger partial charge in [0.15, 0.2) is 0 Å². The normalized spacial score (nSPS) is 26.6. The van der Waals surface area contributed by atoms with Crippen molar-refractivity contribution in [1.29, 1.82) is 0 Å². The molecule has 29 heavy (non-hydrogen) atoms. The quantitative estimate of drug-likeness (QED) is 0.817. The molecule has 2 aromatic rings. The second-order valence-corrected chi connectivity index (χ2v) is 8.31. The molecule has 2 heterocycles. The molecular weight excluding hydrogens is 392 g/mol. The first kappa shape index (κ1) is 20.0. The number of amides is 2. The van der Waals surface area contributed by atoms with Crippen molar-refractivity contribution in [2.24, 2.45) is 5.92 Å². The van der Waals surface area contributed by atoms with Crippen LogP contribution in [0.2, 0.25) is 5.02 Å². The lowest BCUT2D eigenvalue weighted by atomic mass is 9.83. The Labute approximate surface area is 175 Å². The van der Waals surface area contributed by atoms with E-state index < -0.39 is 11.8 Å². The smallest absolute Gasteiger partial charge is 0.258 e. The zero-order valence-electron chi connectivity index (χ0n) is 16.4. The molecule has 2 fully saturated rings. The van der Waals surface area contributed by atoms with Crippen LogP contribution in [0.4, 0.5) is 0 Å². The van der Waals surface area contributed by atoms with Gasteiger partial charge in [-0.05, 0) is 55.9 Å². The van der Waals surface area contributed by atoms with E-state index in [1.54, 1.807) is 47.6 Å². The number of nitrogens with one attached hydrogen (secondary N) is 1. The molecular formula is C22H25ClN2O4. The molecule has 2 aliphatic rings. The molecule has 1 aliphatic heterocycles. The Bertz CT molecular complexity index is 875. The number of rotatable bonds is 4. The number of halogens is 1. The first-order chi connectivity index (χ1) is 14.0. The third-order valence-corrected chi connectivity index (χ3v) is 6.29. The van der Waals surface area contributed by atoms with Gasteiger partial charge in [-0.2, -0.15) is 0 Å². The first-order valence-electron chi connectivity index (χ1n) is 10.0. The Hall–Kier alpha value is -2.31. The van der Waals surface area contributed by atoms with Crippen LogP contribution in [0.1, 0.15) is 48.7 Å². The molecule has 0 radical (unpaired) electrons. The average molecular weight is 417 g/mol. The minimum absolute atomic E-state index is 0.175. The third-order valence-electron chi connectivity index (χ3n) is 5.96. The molecule has 1 aromatic heterocycles. The highest BCUT2D eigenvalue weighted by atomic mass is 35.5. The van der Waals surface area contributed by atoms with Gasteiger partial charge in [-0.25, -0.2) is 0 Å².